The first kappa shape index (κ1) is 21.7. The number of benzene rings is 1. The Hall–Kier alpha value is -4.15. The zero-order chi connectivity index (χ0) is 23.7. The third-order valence-electron chi connectivity index (χ3n) is 5.71. The van der Waals surface area contributed by atoms with Gasteiger partial charge in [0.2, 0.25) is 0 Å². The second-order valence-electron chi connectivity index (χ2n) is 7.79. The monoisotopic (exact) mass is 466 g/mol. The van der Waals surface area contributed by atoms with E-state index in [1.165, 1.54) is 19.4 Å². The minimum Gasteiger partial charge on any atom is -0.467 e. The first-order valence-corrected chi connectivity index (χ1v) is 10.6. The zero-order valence-corrected chi connectivity index (χ0v) is 18.2. The van der Waals surface area contributed by atoms with E-state index >= 15 is 0 Å². The van der Waals surface area contributed by atoms with Crippen molar-refractivity contribution in [1.29, 1.82) is 0 Å². The van der Waals surface area contributed by atoms with Gasteiger partial charge < -0.3 is 14.2 Å². The van der Waals surface area contributed by atoms with Crippen molar-refractivity contribution in [3.63, 3.8) is 0 Å². The van der Waals surface area contributed by atoms with Crippen molar-refractivity contribution in [2.75, 3.05) is 18.6 Å². The molecule has 4 heterocycles. The summed E-state index contributed by atoms with van der Waals surface area (Å²) in [5, 5.41) is 8.51. The van der Waals surface area contributed by atoms with Crippen LogP contribution in [0.2, 0.25) is 0 Å². The average Bonchev–Trinajstić information content (AvgIpc) is 3.61. The molecular formula is C23H20F2N6O3. The molecule has 11 heteroatoms. The molecule has 1 atom stereocenters. The highest BCUT2D eigenvalue weighted by atomic mass is 19.1. The third-order valence-corrected chi connectivity index (χ3v) is 5.71. The van der Waals surface area contributed by atoms with Crippen molar-refractivity contribution in [3.05, 3.63) is 66.1 Å². The number of methoxy groups -OCH3 is 1. The van der Waals surface area contributed by atoms with E-state index in [9.17, 15) is 13.6 Å². The van der Waals surface area contributed by atoms with Gasteiger partial charge in [-0.1, -0.05) is 23.4 Å². The summed E-state index contributed by atoms with van der Waals surface area (Å²) < 4.78 is 40.4. The lowest BCUT2D eigenvalue weighted by atomic mass is 10.2. The molecular weight excluding hydrogens is 446 g/mol. The van der Waals surface area contributed by atoms with Crippen LogP contribution in [0.25, 0.3) is 22.9 Å². The SMILES string of the molecule is COC(=O)C1CCCN1c1nc(-c2cc(-c3ccon3)n(Cc3ccccc3F)n2)ncc1F. The predicted molar refractivity (Wildman–Crippen MR) is 117 cm³/mol. The summed E-state index contributed by atoms with van der Waals surface area (Å²) in [6, 6.07) is 9.10. The van der Waals surface area contributed by atoms with Gasteiger partial charge in [0.15, 0.2) is 17.5 Å². The van der Waals surface area contributed by atoms with Gasteiger partial charge in [-0.3, -0.25) is 4.68 Å². The Morgan fingerprint density at radius 1 is 1.21 bits per heavy atom. The van der Waals surface area contributed by atoms with Crippen LogP contribution in [0.3, 0.4) is 0 Å². The van der Waals surface area contributed by atoms with Crippen LogP contribution in [0.4, 0.5) is 14.6 Å². The number of hydrogen-bond donors (Lipinski definition) is 0. The van der Waals surface area contributed by atoms with Crippen LogP contribution in [-0.4, -0.2) is 50.6 Å². The largest absolute Gasteiger partial charge is 0.467 e. The number of anilines is 1. The summed E-state index contributed by atoms with van der Waals surface area (Å²) in [6.45, 7) is 0.582. The van der Waals surface area contributed by atoms with E-state index in [1.807, 2.05) is 0 Å². The summed E-state index contributed by atoms with van der Waals surface area (Å²) >= 11 is 0. The molecule has 0 spiro atoms. The highest BCUT2D eigenvalue weighted by Crippen LogP contribution is 2.30. The first-order valence-electron chi connectivity index (χ1n) is 10.6. The Labute approximate surface area is 193 Å². The molecule has 34 heavy (non-hydrogen) atoms. The number of nitrogens with zero attached hydrogens (tertiary/aromatic N) is 6. The molecule has 1 aliphatic rings. The normalized spacial score (nSPS) is 15.6. The molecule has 1 saturated heterocycles. The standard InChI is InChI=1S/C23H20F2N6O3/c1-33-23(32)19-7-4-9-30(19)22-16(25)12-26-21(27-22)18-11-20(17-8-10-34-29-17)31(28-18)13-14-5-2-3-6-15(14)24/h2-3,5-6,8,10-12,19H,4,7,9,13H2,1H3. The average molecular weight is 466 g/mol. The molecule has 3 aromatic heterocycles. The maximum Gasteiger partial charge on any atom is 0.328 e. The molecule has 1 fully saturated rings. The Balaban J connectivity index is 1.55. The zero-order valence-electron chi connectivity index (χ0n) is 18.2. The fourth-order valence-corrected chi connectivity index (χ4v) is 4.07. The summed E-state index contributed by atoms with van der Waals surface area (Å²) in [6.07, 6.45) is 3.71. The van der Waals surface area contributed by atoms with Gasteiger partial charge in [0, 0.05) is 18.2 Å². The van der Waals surface area contributed by atoms with Gasteiger partial charge in [0.05, 0.1) is 25.5 Å². The number of rotatable bonds is 6. The van der Waals surface area contributed by atoms with Crippen LogP contribution >= 0.6 is 0 Å². The van der Waals surface area contributed by atoms with Crippen molar-refractivity contribution in [2.45, 2.75) is 25.4 Å². The predicted octanol–water partition coefficient (Wildman–Crippen LogP) is 3.46. The fraction of sp³-hybridized carbons (Fsp3) is 0.261. The minimum atomic E-state index is -0.651. The van der Waals surface area contributed by atoms with Crippen molar-refractivity contribution in [3.8, 4) is 22.9 Å². The van der Waals surface area contributed by atoms with Gasteiger partial charge in [-0.2, -0.15) is 5.10 Å². The molecule has 1 unspecified atom stereocenters. The van der Waals surface area contributed by atoms with Crippen LogP contribution in [0.15, 0.2) is 53.4 Å². The second-order valence-corrected chi connectivity index (χ2v) is 7.79. The molecule has 0 bridgehead atoms. The number of esters is 1. The molecule has 0 saturated carbocycles. The van der Waals surface area contributed by atoms with E-state index in [2.05, 4.69) is 20.2 Å². The van der Waals surface area contributed by atoms with Crippen LogP contribution < -0.4 is 4.90 Å². The maximum absolute atomic E-state index is 14.7. The van der Waals surface area contributed by atoms with Crippen molar-refractivity contribution < 1.29 is 22.8 Å². The van der Waals surface area contributed by atoms with E-state index in [0.717, 1.165) is 6.20 Å². The number of carbonyl (C=O) groups excluding carboxylic acids is 1. The molecule has 174 valence electrons. The number of halogens is 2. The molecule has 0 amide bonds. The number of ether oxygens (including phenoxy) is 1. The minimum absolute atomic E-state index is 0.00420. The highest BCUT2D eigenvalue weighted by Gasteiger charge is 2.34. The van der Waals surface area contributed by atoms with Gasteiger partial charge >= 0.3 is 5.97 Å². The summed E-state index contributed by atoms with van der Waals surface area (Å²) in [5.41, 5.74) is 1.81. The summed E-state index contributed by atoms with van der Waals surface area (Å²) in [7, 11) is 1.30. The fourth-order valence-electron chi connectivity index (χ4n) is 4.07. The Morgan fingerprint density at radius 2 is 2.06 bits per heavy atom. The summed E-state index contributed by atoms with van der Waals surface area (Å²) in [4.78, 5) is 22.2. The number of aromatic nitrogens is 5. The number of carbonyl (C=O) groups is 1. The molecule has 0 aliphatic carbocycles. The lowest BCUT2D eigenvalue weighted by Gasteiger charge is -2.24. The third kappa shape index (κ3) is 4.00. The molecule has 0 radical (unpaired) electrons. The van der Waals surface area contributed by atoms with Crippen molar-refractivity contribution >= 4 is 11.8 Å². The Kier molecular flexibility index (Phi) is 5.74. The molecule has 5 rings (SSSR count). The maximum atomic E-state index is 14.7. The lowest BCUT2D eigenvalue weighted by molar-refractivity contribution is -0.141. The van der Waals surface area contributed by atoms with Crippen LogP contribution in [0.5, 0.6) is 0 Å². The Bertz CT molecular complexity index is 1320. The van der Waals surface area contributed by atoms with E-state index in [1.54, 1.807) is 39.9 Å². The van der Waals surface area contributed by atoms with Crippen molar-refractivity contribution in [2.24, 2.45) is 0 Å². The van der Waals surface area contributed by atoms with Gasteiger partial charge in [-0.05, 0) is 25.0 Å². The van der Waals surface area contributed by atoms with Gasteiger partial charge in [-0.25, -0.2) is 23.5 Å². The number of hydrogen-bond acceptors (Lipinski definition) is 8. The molecule has 1 aliphatic heterocycles. The van der Waals surface area contributed by atoms with Gasteiger partial charge in [0.1, 0.15) is 29.5 Å². The quantitative estimate of drug-likeness (QED) is 0.399. The van der Waals surface area contributed by atoms with Crippen molar-refractivity contribution in [1.82, 2.24) is 24.9 Å². The van der Waals surface area contributed by atoms with Crippen LogP contribution in [-0.2, 0) is 16.1 Å². The molecule has 1 aromatic carbocycles. The van der Waals surface area contributed by atoms with E-state index in [4.69, 9.17) is 9.26 Å². The summed E-state index contributed by atoms with van der Waals surface area (Å²) in [5.74, 6) is -1.30. The Morgan fingerprint density at radius 3 is 2.82 bits per heavy atom. The first-order chi connectivity index (χ1) is 16.5. The molecule has 0 N–H and O–H groups in total. The second kappa shape index (κ2) is 9.00. The van der Waals surface area contributed by atoms with Gasteiger partial charge in [-0.15, -0.1) is 0 Å². The van der Waals surface area contributed by atoms with E-state index in [0.29, 0.717) is 42.0 Å². The molecule has 4 aromatic rings. The van der Waals surface area contributed by atoms with Gasteiger partial charge in [0.25, 0.3) is 0 Å². The molecule has 9 nitrogen and oxygen atoms in total. The van der Waals surface area contributed by atoms with Crippen LogP contribution in [0, 0.1) is 11.6 Å². The highest BCUT2D eigenvalue weighted by molar-refractivity contribution is 5.80. The smallest absolute Gasteiger partial charge is 0.328 e. The lowest BCUT2D eigenvalue weighted by Crippen LogP contribution is -2.38. The van der Waals surface area contributed by atoms with E-state index < -0.39 is 17.8 Å². The van der Waals surface area contributed by atoms with E-state index in [-0.39, 0.29) is 24.0 Å². The van der Waals surface area contributed by atoms with Crippen LogP contribution in [0.1, 0.15) is 18.4 Å². The topological polar surface area (TPSA) is 99.2 Å².